The Morgan fingerprint density at radius 1 is 1.41 bits per heavy atom. The van der Waals surface area contributed by atoms with Crippen molar-refractivity contribution < 1.29 is 0 Å². The Balaban J connectivity index is 1.78. The van der Waals surface area contributed by atoms with E-state index in [4.69, 9.17) is 5.84 Å². The molecule has 1 heterocycles. The second-order valence-electron chi connectivity index (χ2n) is 4.79. The minimum absolute atomic E-state index is 0.432. The minimum Gasteiger partial charge on any atom is -0.271 e. The molecule has 0 amide bonds. The molecule has 3 heteroatoms. The number of thiophene rings is 1. The number of rotatable bonds is 6. The van der Waals surface area contributed by atoms with Crippen LogP contribution >= 0.6 is 11.3 Å². The van der Waals surface area contributed by atoms with Gasteiger partial charge in [0, 0.05) is 10.9 Å². The van der Waals surface area contributed by atoms with Crippen LogP contribution in [0.15, 0.2) is 29.2 Å². The van der Waals surface area contributed by atoms with Crippen LogP contribution in [0, 0.1) is 0 Å². The lowest BCUT2D eigenvalue weighted by Gasteiger charge is -2.19. The normalized spacial score (nSPS) is 17.8. The van der Waals surface area contributed by atoms with Crippen LogP contribution in [0.4, 0.5) is 0 Å². The van der Waals surface area contributed by atoms with Gasteiger partial charge in [0.05, 0.1) is 0 Å². The fraction of sp³-hybridized carbons (Fsp3) is 0.571. The van der Waals surface area contributed by atoms with Crippen LogP contribution in [0.1, 0.15) is 43.4 Å². The highest BCUT2D eigenvalue weighted by Gasteiger charge is 2.11. The van der Waals surface area contributed by atoms with Gasteiger partial charge in [0.25, 0.3) is 0 Å². The SMILES string of the molecule is NNC(CCc1cccs1)CC1=CCCCC1. The topological polar surface area (TPSA) is 38.0 Å². The van der Waals surface area contributed by atoms with Crippen molar-refractivity contribution in [2.45, 2.75) is 51.0 Å². The van der Waals surface area contributed by atoms with E-state index in [1.54, 1.807) is 5.57 Å². The van der Waals surface area contributed by atoms with Crippen LogP contribution in [0.3, 0.4) is 0 Å². The fourth-order valence-corrected chi connectivity index (χ4v) is 3.15. The van der Waals surface area contributed by atoms with Crippen LogP contribution in [-0.4, -0.2) is 6.04 Å². The predicted molar refractivity (Wildman–Crippen MR) is 74.9 cm³/mol. The Morgan fingerprint density at radius 2 is 2.35 bits per heavy atom. The maximum absolute atomic E-state index is 5.66. The smallest absolute Gasteiger partial charge is 0.0251 e. The van der Waals surface area contributed by atoms with Crippen LogP contribution in [-0.2, 0) is 6.42 Å². The molecule has 1 aromatic rings. The highest BCUT2D eigenvalue weighted by Crippen LogP contribution is 2.23. The molecule has 0 radical (unpaired) electrons. The molecule has 3 N–H and O–H groups in total. The molecule has 0 fully saturated rings. The van der Waals surface area contributed by atoms with Gasteiger partial charge in [0.1, 0.15) is 0 Å². The van der Waals surface area contributed by atoms with Gasteiger partial charge in [-0.05, 0) is 56.4 Å². The Bertz CT molecular complexity index is 343. The van der Waals surface area contributed by atoms with E-state index in [0.29, 0.717) is 6.04 Å². The summed E-state index contributed by atoms with van der Waals surface area (Å²) in [5.41, 5.74) is 4.58. The molecular formula is C14H22N2S. The molecule has 1 atom stereocenters. The van der Waals surface area contributed by atoms with E-state index in [9.17, 15) is 0 Å². The molecular weight excluding hydrogens is 228 g/mol. The second kappa shape index (κ2) is 6.94. The first-order chi connectivity index (χ1) is 8.38. The van der Waals surface area contributed by atoms with E-state index < -0.39 is 0 Å². The molecule has 1 unspecified atom stereocenters. The number of hydrazine groups is 1. The van der Waals surface area contributed by atoms with E-state index in [1.165, 1.54) is 30.6 Å². The van der Waals surface area contributed by atoms with Crippen LogP contribution in [0.2, 0.25) is 0 Å². The van der Waals surface area contributed by atoms with Crippen molar-refractivity contribution in [1.82, 2.24) is 5.43 Å². The van der Waals surface area contributed by atoms with Gasteiger partial charge in [-0.1, -0.05) is 17.7 Å². The summed E-state index contributed by atoms with van der Waals surface area (Å²) in [4.78, 5) is 1.46. The zero-order valence-electron chi connectivity index (χ0n) is 10.3. The molecule has 94 valence electrons. The van der Waals surface area contributed by atoms with E-state index in [0.717, 1.165) is 19.3 Å². The van der Waals surface area contributed by atoms with Gasteiger partial charge in [-0.25, -0.2) is 0 Å². The standard InChI is InChI=1S/C14H22N2S/c15-16-13(8-9-14-7-4-10-17-14)11-12-5-2-1-3-6-12/h4-5,7,10,13,16H,1-3,6,8-9,11,15H2. The summed E-state index contributed by atoms with van der Waals surface area (Å²) in [5, 5.41) is 2.14. The van der Waals surface area contributed by atoms with Crippen LogP contribution < -0.4 is 11.3 Å². The van der Waals surface area contributed by atoms with Gasteiger partial charge in [-0.15, -0.1) is 11.3 Å². The lowest BCUT2D eigenvalue weighted by Crippen LogP contribution is -2.35. The molecule has 0 saturated carbocycles. The van der Waals surface area contributed by atoms with Crippen molar-refractivity contribution in [3.05, 3.63) is 34.0 Å². The van der Waals surface area contributed by atoms with Crippen LogP contribution in [0.25, 0.3) is 0 Å². The first-order valence-corrected chi connectivity index (χ1v) is 7.43. The Hall–Kier alpha value is -0.640. The number of nitrogens with one attached hydrogen (secondary N) is 1. The monoisotopic (exact) mass is 250 g/mol. The molecule has 0 bridgehead atoms. The molecule has 1 aliphatic rings. The largest absolute Gasteiger partial charge is 0.271 e. The third-order valence-corrected chi connectivity index (χ3v) is 4.38. The molecule has 1 aromatic heterocycles. The Morgan fingerprint density at radius 3 is 3.00 bits per heavy atom. The lowest BCUT2D eigenvalue weighted by atomic mass is 9.93. The van der Waals surface area contributed by atoms with Gasteiger partial charge >= 0.3 is 0 Å². The molecule has 0 spiro atoms. The van der Waals surface area contributed by atoms with Crippen molar-refractivity contribution in [2.75, 3.05) is 0 Å². The summed E-state index contributed by atoms with van der Waals surface area (Å²) in [7, 11) is 0. The number of hydrogen-bond acceptors (Lipinski definition) is 3. The number of hydrogen-bond donors (Lipinski definition) is 2. The van der Waals surface area contributed by atoms with E-state index in [-0.39, 0.29) is 0 Å². The summed E-state index contributed by atoms with van der Waals surface area (Å²) in [6.07, 6.45) is 11.1. The van der Waals surface area contributed by atoms with Gasteiger partial charge in [-0.3, -0.25) is 11.3 Å². The van der Waals surface area contributed by atoms with Crippen LogP contribution in [0.5, 0.6) is 0 Å². The summed E-state index contributed by atoms with van der Waals surface area (Å²) >= 11 is 1.84. The zero-order valence-corrected chi connectivity index (χ0v) is 11.1. The molecule has 0 aromatic carbocycles. The average molecular weight is 250 g/mol. The minimum atomic E-state index is 0.432. The molecule has 2 rings (SSSR count). The summed E-state index contributed by atoms with van der Waals surface area (Å²) in [6, 6.07) is 4.76. The van der Waals surface area contributed by atoms with Gasteiger partial charge < -0.3 is 0 Å². The third-order valence-electron chi connectivity index (χ3n) is 3.45. The van der Waals surface area contributed by atoms with Crippen molar-refractivity contribution in [2.24, 2.45) is 5.84 Å². The molecule has 2 nitrogen and oxygen atoms in total. The maximum Gasteiger partial charge on any atom is 0.0251 e. The first kappa shape index (κ1) is 12.8. The van der Waals surface area contributed by atoms with Gasteiger partial charge in [0.15, 0.2) is 0 Å². The van der Waals surface area contributed by atoms with Crippen molar-refractivity contribution in [3.63, 3.8) is 0 Å². The van der Waals surface area contributed by atoms with Crippen molar-refractivity contribution in [1.29, 1.82) is 0 Å². The predicted octanol–water partition coefficient (Wildman–Crippen LogP) is 3.40. The molecule has 0 saturated heterocycles. The van der Waals surface area contributed by atoms with Crippen molar-refractivity contribution in [3.8, 4) is 0 Å². The number of aryl methyl sites for hydroxylation is 1. The maximum atomic E-state index is 5.66. The number of allylic oxidation sites excluding steroid dienone is 1. The Labute approximate surface area is 108 Å². The Kier molecular flexibility index (Phi) is 5.23. The van der Waals surface area contributed by atoms with E-state index in [2.05, 4.69) is 29.0 Å². The summed E-state index contributed by atoms with van der Waals surface area (Å²) in [5.74, 6) is 5.66. The quantitative estimate of drug-likeness (QED) is 0.461. The van der Waals surface area contributed by atoms with E-state index >= 15 is 0 Å². The average Bonchev–Trinajstić information content (AvgIpc) is 2.89. The number of nitrogens with two attached hydrogens (primary N) is 1. The first-order valence-electron chi connectivity index (χ1n) is 6.55. The summed E-state index contributed by atoms with van der Waals surface area (Å²) in [6.45, 7) is 0. The van der Waals surface area contributed by atoms with Gasteiger partial charge in [0.2, 0.25) is 0 Å². The zero-order chi connectivity index (χ0) is 11.9. The van der Waals surface area contributed by atoms with E-state index in [1.807, 2.05) is 11.3 Å². The molecule has 0 aliphatic heterocycles. The lowest BCUT2D eigenvalue weighted by molar-refractivity contribution is 0.479. The third kappa shape index (κ3) is 4.26. The second-order valence-corrected chi connectivity index (χ2v) is 5.83. The highest BCUT2D eigenvalue weighted by molar-refractivity contribution is 7.09. The fourth-order valence-electron chi connectivity index (χ4n) is 2.42. The van der Waals surface area contributed by atoms with Crippen molar-refractivity contribution >= 4 is 11.3 Å². The summed E-state index contributed by atoms with van der Waals surface area (Å²) < 4.78 is 0. The highest BCUT2D eigenvalue weighted by atomic mass is 32.1. The van der Waals surface area contributed by atoms with Gasteiger partial charge in [-0.2, -0.15) is 0 Å². The molecule has 1 aliphatic carbocycles. The molecule has 17 heavy (non-hydrogen) atoms.